The fourth-order valence-electron chi connectivity index (χ4n) is 5.96. The van der Waals surface area contributed by atoms with Gasteiger partial charge in [-0.05, 0) is 85.0 Å². The Hall–Kier alpha value is -1.32. The number of aliphatic hydroxyl groups excluding tert-OH is 2. The first kappa shape index (κ1) is 16.2. The molecule has 3 N–H and O–H groups in total. The number of hydrogen-bond donors (Lipinski definition) is 3. The molecule has 4 rings (SSSR count). The molecule has 1 aromatic rings. The second kappa shape index (κ2) is 5.60. The fourth-order valence-corrected chi connectivity index (χ4v) is 5.96. The zero-order chi connectivity index (χ0) is 17.1. The standard InChI is InChI=1S/C21H28O3/c1-3-18(22)16-11-15-12(10-19(16)23)4-5-14-13(15)8-9-21(2)17(14)6-7-20(21)24/h3,10-11,13-14,17-18,20,22-24H,1,4-9H2,2H3/t13-,14+,17-,18?,20-,21-/m0/s1. The Morgan fingerprint density at radius 1 is 1.25 bits per heavy atom. The Bertz CT molecular complexity index is 667. The van der Waals surface area contributed by atoms with E-state index in [-0.39, 0.29) is 17.3 Å². The van der Waals surface area contributed by atoms with Gasteiger partial charge in [0.2, 0.25) is 0 Å². The average molecular weight is 328 g/mol. The van der Waals surface area contributed by atoms with E-state index in [0.29, 0.717) is 23.3 Å². The number of fused-ring (bicyclic) bond motifs is 5. The molecule has 6 atom stereocenters. The number of aromatic hydroxyl groups is 1. The van der Waals surface area contributed by atoms with Crippen molar-refractivity contribution in [2.75, 3.05) is 0 Å². The first-order valence-corrected chi connectivity index (χ1v) is 9.30. The molecule has 3 aliphatic carbocycles. The third-order valence-electron chi connectivity index (χ3n) is 7.36. The number of phenols is 1. The topological polar surface area (TPSA) is 60.7 Å². The van der Waals surface area contributed by atoms with Crippen molar-refractivity contribution in [1.29, 1.82) is 0 Å². The number of benzene rings is 1. The molecule has 0 aromatic heterocycles. The lowest BCUT2D eigenvalue weighted by Crippen LogP contribution is -2.43. The molecule has 3 aliphatic rings. The number of aryl methyl sites for hydroxylation is 1. The van der Waals surface area contributed by atoms with E-state index in [1.165, 1.54) is 17.2 Å². The van der Waals surface area contributed by atoms with Gasteiger partial charge < -0.3 is 15.3 Å². The van der Waals surface area contributed by atoms with Gasteiger partial charge in [0, 0.05) is 5.56 Å². The van der Waals surface area contributed by atoms with Crippen LogP contribution in [-0.2, 0) is 6.42 Å². The fraction of sp³-hybridized carbons (Fsp3) is 0.619. The van der Waals surface area contributed by atoms with Crippen molar-refractivity contribution in [1.82, 2.24) is 0 Å². The summed E-state index contributed by atoms with van der Waals surface area (Å²) < 4.78 is 0. The van der Waals surface area contributed by atoms with E-state index in [0.717, 1.165) is 38.5 Å². The van der Waals surface area contributed by atoms with Crippen molar-refractivity contribution in [3.63, 3.8) is 0 Å². The van der Waals surface area contributed by atoms with Crippen LogP contribution in [0.5, 0.6) is 5.75 Å². The summed E-state index contributed by atoms with van der Waals surface area (Å²) in [5, 5.41) is 30.8. The van der Waals surface area contributed by atoms with Crippen LogP contribution in [0.1, 0.15) is 67.7 Å². The summed E-state index contributed by atoms with van der Waals surface area (Å²) in [6.07, 6.45) is 6.86. The van der Waals surface area contributed by atoms with Gasteiger partial charge in [0.25, 0.3) is 0 Å². The number of hydrogen-bond acceptors (Lipinski definition) is 3. The first-order valence-electron chi connectivity index (χ1n) is 9.30. The Balaban J connectivity index is 1.73. The summed E-state index contributed by atoms with van der Waals surface area (Å²) in [5.74, 6) is 1.89. The highest BCUT2D eigenvalue weighted by atomic mass is 16.3. The van der Waals surface area contributed by atoms with E-state index in [9.17, 15) is 15.3 Å². The monoisotopic (exact) mass is 328 g/mol. The van der Waals surface area contributed by atoms with Gasteiger partial charge in [0.05, 0.1) is 6.10 Å². The predicted molar refractivity (Wildman–Crippen MR) is 93.9 cm³/mol. The molecule has 0 aliphatic heterocycles. The van der Waals surface area contributed by atoms with Gasteiger partial charge in [-0.15, -0.1) is 6.58 Å². The second-order valence-corrected chi connectivity index (χ2v) is 8.34. The highest BCUT2D eigenvalue weighted by Gasteiger charge is 2.54. The van der Waals surface area contributed by atoms with Crippen LogP contribution in [0.15, 0.2) is 24.8 Å². The lowest BCUT2D eigenvalue weighted by molar-refractivity contribution is -0.0226. The van der Waals surface area contributed by atoms with Gasteiger partial charge in [0.15, 0.2) is 0 Å². The van der Waals surface area contributed by atoms with E-state index in [1.807, 2.05) is 12.1 Å². The number of aliphatic hydroxyl groups is 2. The zero-order valence-corrected chi connectivity index (χ0v) is 14.4. The van der Waals surface area contributed by atoms with Crippen LogP contribution < -0.4 is 0 Å². The lowest BCUT2D eigenvalue weighted by Gasteiger charge is -2.50. The third-order valence-corrected chi connectivity index (χ3v) is 7.36. The maximum Gasteiger partial charge on any atom is 0.122 e. The summed E-state index contributed by atoms with van der Waals surface area (Å²) in [4.78, 5) is 0. The Kier molecular flexibility index (Phi) is 3.77. The third kappa shape index (κ3) is 2.18. The number of phenolic OH excluding ortho intramolecular Hbond substituents is 1. The van der Waals surface area contributed by atoms with E-state index in [1.54, 1.807) is 0 Å². The molecule has 3 nitrogen and oxygen atoms in total. The van der Waals surface area contributed by atoms with Crippen LogP contribution in [0.25, 0.3) is 0 Å². The molecular weight excluding hydrogens is 300 g/mol. The molecular formula is C21H28O3. The first-order chi connectivity index (χ1) is 11.5. The van der Waals surface area contributed by atoms with Crippen LogP contribution in [0.2, 0.25) is 0 Å². The molecule has 0 spiro atoms. The van der Waals surface area contributed by atoms with Crippen LogP contribution in [-0.4, -0.2) is 21.4 Å². The Morgan fingerprint density at radius 2 is 2.04 bits per heavy atom. The summed E-state index contributed by atoms with van der Waals surface area (Å²) in [5.41, 5.74) is 3.20. The van der Waals surface area contributed by atoms with E-state index >= 15 is 0 Å². The van der Waals surface area contributed by atoms with Crippen LogP contribution in [0, 0.1) is 17.3 Å². The largest absolute Gasteiger partial charge is 0.508 e. The molecule has 0 amide bonds. The van der Waals surface area contributed by atoms with Gasteiger partial charge in [-0.3, -0.25) is 0 Å². The van der Waals surface area contributed by atoms with E-state index < -0.39 is 6.10 Å². The molecule has 3 heteroatoms. The van der Waals surface area contributed by atoms with Gasteiger partial charge >= 0.3 is 0 Å². The minimum atomic E-state index is -0.821. The normalized spacial score (nSPS) is 38.8. The molecule has 1 aromatic carbocycles. The quantitative estimate of drug-likeness (QED) is 0.723. The maximum atomic E-state index is 10.5. The van der Waals surface area contributed by atoms with Crippen molar-refractivity contribution < 1.29 is 15.3 Å². The average Bonchev–Trinajstić information content (AvgIpc) is 2.88. The van der Waals surface area contributed by atoms with Crippen LogP contribution >= 0.6 is 0 Å². The summed E-state index contributed by atoms with van der Waals surface area (Å²) in [6.45, 7) is 5.93. The Morgan fingerprint density at radius 3 is 2.79 bits per heavy atom. The smallest absolute Gasteiger partial charge is 0.122 e. The van der Waals surface area contributed by atoms with Gasteiger partial charge in [-0.1, -0.05) is 13.0 Å². The predicted octanol–water partition coefficient (Wildman–Crippen LogP) is 3.83. The molecule has 2 saturated carbocycles. The summed E-state index contributed by atoms with van der Waals surface area (Å²) >= 11 is 0. The van der Waals surface area contributed by atoms with Crippen LogP contribution in [0.3, 0.4) is 0 Å². The molecule has 0 heterocycles. The van der Waals surface area contributed by atoms with Gasteiger partial charge in [-0.25, -0.2) is 0 Å². The molecule has 2 fully saturated rings. The second-order valence-electron chi connectivity index (χ2n) is 8.34. The summed E-state index contributed by atoms with van der Waals surface area (Å²) in [6, 6.07) is 3.87. The highest BCUT2D eigenvalue weighted by Crippen LogP contribution is 2.61. The SMILES string of the molecule is C=CC(O)c1cc2c(cc1O)CC[C@@H]1[C@@H]2CC[C@]2(C)[C@@H](O)CC[C@@H]12. The minimum Gasteiger partial charge on any atom is -0.508 e. The van der Waals surface area contributed by atoms with Crippen LogP contribution in [0.4, 0.5) is 0 Å². The number of rotatable bonds is 2. The van der Waals surface area contributed by atoms with Gasteiger partial charge in [0.1, 0.15) is 11.9 Å². The van der Waals surface area contributed by atoms with Crippen molar-refractivity contribution in [3.05, 3.63) is 41.5 Å². The molecule has 0 saturated heterocycles. The maximum absolute atomic E-state index is 10.5. The molecule has 24 heavy (non-hydrogen) atoms. The van der Waals surface area contributed by atoms with E-state index in [2.05, 4.69) is 13.5 Å². The van der Waals surface area contributed by atoms with Crippen molar-refractivity contribution in [3.8, 4) is 5.75 Å². The highest BCUT2D eigenvalue weighted by molar-refractivity contribution is 5.47. The zero-order valence-electron chi connectivity index (χ0n) is 14.4. The molecule has 0 bridgehead atoms. The lowest BCUT2D eigenvalue weighted by atomic mass is 9.55. The van der Waals surface area contributed by atoms with Gasteiger partial charge in [-0.2, -0.15) is 0 Å². The minimum absolute atomic E-state index is 0.0824. The summed E-state index contributed by atoms with van der Waals surface area (Å²) in [7, 11) is 0. The van der Waals surface area contributed by atoms with Crippen molar-refractivity contribution in [2.24, 2.45) is 17.3 Å². The Labute approximate surface area is 144 Å². The van der Waals surface area contributed by atoms with Crippen molar-refractivity contribution in [2.45, 2.75) is 63.6 Å². The molecule has 130 valence electrons. The van der Waals surface area contributed by atoms with E-state index in [4.69, 9.17) is 0 Å². The molecule has 0 radical (unpaired) electrons. The molecule has 1 unspecified atom stereocenters. The van der Waals surface area contributed by atoms with Crippen molar-refractivity contribution >= 4 is 0 Å².